The Hall–Kier alpha value is -0.770. The van der Waals surface area contributed by atoms with Crippen LogP contribution in [-0.2, 0) is 11.3 Å². The summed E-state index contributed by atoms with van der Waals surface area (Å²) in [5, 5.41) is 4.16. The molecule has 1 amide bonds. The van der Waals surface area contributed by atoms with E-state index in [0.717, 1.165) is 30.2 Å². The zero-order chi connectivity index (χ0) is 15.9. The molecular weight excluding hydrogens is 331 g/mol. The number of nitrogens with one attached hydrogen (secondary N) is 1. The molecular formula is C18H28Cl2N2O. The van der Waals surface area contributed by atoms with Crippen molar-refractivity contribution in [3.8, 4) is 0 Å². The van der Waals surface area contributed by atoms with E-state index in [1.165, 1.54) is 12.8 Å². The van der Waals surface area contributed by atoms with Crippen LogP contribution in [0.15, 0.2) is 24.3 Å². The molecule has 23 heavy (non-hydrogen) atoms. The van der Waals surface area contributed by atoms with E-state index < -0.39 is 0 Å². The first-order chi connectivity index (χ1) is 10.6. The molecule has 2 unspecified atom stereocenters. The summed E-state index contributed by atoms with van der Waals surface area (Å²) >= 11 is 6.03. The van der Waals surface area contributed by atoms with Gasteiger partial charge in [-0.2, -0.15) is 0 Å². The Morgan fingerprint density at radius 1 is 1.48 bits per heavy atom. The molecule has 0 radical (unpaired) electrons. The molecule has 0 aliphatic carbocycles. The quantitative estimate of drug-likeness (QED) is 0.828. The van der Waals surface area contributed by atoms with Crippen LogP contribution >= 0.6 is 24.0 Å². The predicted octanol–water partition coefficient (Wildman–Crippen LogP) is 4.14. The van der Waals surface area contributed by atoms with Gasteiger partial charge in [-0.3, -0.25) is 4.79 Å². The van der Waals surface area contributed by atoms with Crippen molar-refractivity contribution in [1.29, 1.82) is 0 Å². The van der Waals surface area contributed by atoms with E-state index in [0.29, 0.717) is 24.8 Å². The Bertz CT molecular complexity index is 490. The molecule has 3 nitrogen and oxygen atoms in total. The highest BCUT2D eigenvalue weighted by molar-refractivity contribution is 6.30. The number of hydrogen-bond donors (Lipinski definition) is 1. The second-order valence-corrected chi connectivity index (χ2v) is 6.76. The predicted molar refractivity (Wildman–Crippen MR) is 99.2 cm³/mol. The first-order valence-electron chi connectivity index (χ1n) is 8.33. The van der Waals surface area contributed by atoms with E-state index in [-0.39, 0.29) is 18.3 Å². The first-order valence-corrected chi connectivity index (χ1v) is 8.71. The lowest BCUT2D eigenvalue weighted by Crippen LogP contribution is -2.37. The third-order valence-corrected chi connectivity index (χ3v) is 4.87. The lowest BCUT2D eigenvalue weighted by molar-refractivity contribution is -0.133. The summed E-state index contributed by atoms with van der Waals surface area (Å²) in [6.07, 6.45) is 3.10. The fourth-order valence-electron chi connectivity index (χ4n) is 3.17. The molecule has 1 heterocycles. The zero-order valence-corrected chi connectivity index (χ0v) is 15.6. The van der Waals surface area contributed by atoms with Crippen LogP contribution in [-0.4, -0.2) is 30.4 Å². The standard InChI is InChI=1S/C18H27ClN2O.ClH/c1-3-21(13-15-6-4-8-17(19)11-15)18(22)10-14(2)16-7-5-9-20-12-16;/h4,6,8,11,14,16,20H,3,5,7,9-10,12-13H2,1-2H3;1H. The summed E-state index contributed by atoms with van der Waals surface area (Å²) in [6.45, 7) is 7.80. The van der Waals surface area contributed by atoms with Crippen molar-refractivity contribution in [2.24, 2.45) is 11.8 Å². The molecule has 0 aromatic heterocycles. The van der Waals surface area contributed by atoms with Crippen LogP contribution in [0.2, 0.25) is 5.02 Å². The van der Waals surface area contributed by atoms with Crippen molar-refractivity contribution in [2.45, 2.75) is 39.7 Å². The van der Waals surface area contributed by atoms with Gasteiger partial charge in [-0.15, -0.1) is 12.4 Å². The number of nitrogens with zero attached hydrogens (tertiary/aromatic N) is 1. The molecule has 1 aliphatic heterocycles. The summed E-state index contributed by atoms with van der Waals surface area (Å²) in [5.41, 5.74) is 1.09. The number of carbonyl (C=O) groups excluding carboxylic acids is 1. The summed E-state index contributed by atoms with van der Waals surface area (Å²) in [6, 6.07) is 7.76. The number of rotatable bonds is 6. The highest BCUT2D eigenvalue weighted by Crippen LogP contribution is 2.23. The Labute approximate surface area is 151 Å². The Morgan fingerprint density at radius 2 is 2.26 bits per heavy atom. The maximum absolute atomic E-state index is 12.6. The van der Waals surface area contributed by atoms with Crippen LogP contribution in [0.25, 0.3) is 0 Å². The fraction of sp³-hybridized carbons (Fsp3) is 0.611. The van der Waals surface area contributed by atoms with Crippen LogP contribution in [0.4, 0.5) is 0 Å². The lowest BCUT2D eigenvalue weighted by Gasteiger charge is -2.30. The Morgan fingerprint density at radius 3 is 2.87 bits per heavy atom. The summed E-state index contributed by atoms with van der Waals surface area (Å²) < 4.78 is 0. The molecule has 2 rings (SSSR count). The van der Waals surface area contributed by atoms with E-state index in [9.17, 15) is 4.79 Å². The van der Waals surface area contributed by atoms with Crippen LogP contribution < -0.4 is 5.32 Å². The van der Waals surface area contributed by atoms with Crippen molar-refractivity contribution in [2.75, 3.05) is 19.6 Å². The zero-order valence-electron chi connectivity index (χ0n) is 14.1. The number of piperidine rings is 1. The van der Waals surface area contributed by atoms with E-state index in [2.05, 4.69) is 12.2 Å². The van der Waals surface area contributed by atoms with E-state index in [1.807, 2.05) is 36.1 Å². The van der Waals surface area contributed by atoms with Gasteiger partial charge in [0.05, 0.1) is 0 Å². The second-order valence-electron chi connectivity index (χ2n) is 6.33. The summed E-state index contributed by atoms with van der Waals surface area (Å²) in [5.74, 6) is 1.32. The van der Waals surface area contributed by atoms with Crippen LogP contribution in [0.3, 0.4) is 0 Å². The minimum Gasteiger partial charge on any atom is -0.339 e. The van der Waals surface area contributed by atoms with Crippen molar-refractivity contribution >= 4 is 29.9 Å². The van der Waals surface area contributed by atoms with Gasteiger partial charge < -0.3 is 10.2 Å². The fourth-order valence-corrected chi connectivity index (χ4v) is 3.38. The minimum atomic E-state index is 0. The molecule has 0 bridgehead atoms. The Balaban J connectivity index is 0.00000264. The van der Waals surface area contributed by atoms with Gasteiger partial charge in [-0.05, 0) is 62.4 Å². The van der Waals surface area contributed by atoms with Crippen LogP contribution in [0, 0.1) is 11.8 Å². The summed E-state index contributed by atoms with van der Waals surface area (Å²) in [7, 11) is 0. The molecule has 1 aromatic rings. The first kappa shape index (κ1) is 20.3. The molecule has 1 fully saturated rings. The van der Waals surface area contributed by atoms with Crippen LogP contribution in [0.5, 0.6) is 0 Å². The number of amides is 1. The molecule has 1 saturated heterocycles. The van der Waals surface area contributed by atoms with E-state index >= 15 is 0 Å². The minimum absolute atomic E-state index is 0. The van der Waals surface area contributed by atoms with Gasteiger partial charge in [0.15, 0.2) is 0 Å². The van der Waals surface area contributed by atoms with Crippen molar-refractivity contribution in [3.05, 3.63) is 34.9 Å². The average molecular weight is 359 g/mol. The van der Waals surface area contributed by atoms with Crippen molar-refractivity contribution in [1.82, 2.24) is 10.2 Å². The highest BCUT2D eigenvalue weighted by Gasteiger charge is 2.24. The topological polar surface area (TPSA) is 32.3 Å². The summed E-state index contributed by atoms with van der Waals surface area (Å²) in [4.78, 5) is 14.5. The number of halogens is 2. The maximum atomic E-state index is 12.6. The third kappa shape index (κ3) is 6.33. The lowest BCUT2D eigenvalue weighted by atomic mass is 9.85. The van der Waals surface area contributed by atoms with Gasteiger partial charge in [-0.25, -0.2) is 0 Å². The molecule has 0 saturated carbocycles. The van der Waals surface area contributed by atoms with E-state index in [1.54, 1.807) is 0 Å². The van der Waals surface area contributed by atoms with Gasteiger partial charge in [0.1, 0.15) is 0 Å². The van der Waals surface area contributed by atoms with Gasteiger partial charge in [0, 0.05) is 24.5 Å². The molecule has 5 heteroatoms. The SMILES string of the molecule is CCN(Cc1cccc(Cl)c1)C(=O)CC(C)C1CCCNC1.Cl. The maximum Gasteiger partial charge on any atom is 0.223 e. The average Bonchev–Trinajstić information content (AvgIpc) is 2.53. The van der Waals surface area contributed by atoms with Crippen molar-refractivity contribution < 1.29 is 4.79 Å². The molecule has 1 aliphatic rings. The van der Waals surface area contributed by atoms with Gasteiger partial charge in [0.25, 0.3) is 0 Å². The van der Waals surface area contributed by atoms with Gasteiger partial charge in [-0.1, -0.05) is 30.7 Å². The molecule has 2 atom stereocenters. The highest BCUT2D eigenvalue weighted by atomic mass is 35.5. The largest absolute Gasteiger partial charge is 0.339 e. The smallest absolute Gasteiger partial charge is 0.223 e. The number of hydrogen-bond acceptors (Lipinski definition) is 2. The molecule has 1 N–H and O–H groups in total. The molecule has 1 aromatic carbocycles. The van der Waals surface area contributed by atoms with Gasteiger partial charge >= 0.3 is 0 Å². The van der Waals surface area contributed by atoms with Crippen LogP contribution in [0.1, 0.15) is 38.7 Å². The number of benzene rings is 1. The Kier molecular flexibility index (Phi) is 8.96. The monoisotopic (exact) mass is 358 g/mol. The number of carbonyl (C=O) groups is 1. The normalized spacial score (nSPS) is 18.8. The van der Waals surface area contributed by atoms with Gasteiger partial charge in [0.2, 0.25) is 5.91 Å². The second kappa shape index (κ2) is 10.2. The van der Waals surface area contributed by atoms with E-state index in [4.69, 9.17) is 11.6 Å². The molecule has 0 spiro atoms. The third-order valence-electron chi connectivity index (χ3n) is 4.63. The molecule has 130 valence electrons. The van der Waals surface area contributed by atoms with Crippen molar-refractivity contribution in [3.63, 3.8) is 0 Å².